The van der Waals surface area contributed by atoms with E-state index < -0.39 is 0 Å². The zero-order chi connectivity index (χ0) is 19.2. The fourth-order valence-electron chi connectivity index (χ4n) is 2.71. The van der Waals surface area contributed by atoms with Crippen LogP contribution in [0.3, 0.4) is 0 Å². The van der Waals surface area contributed by atoms with Crippen LogP contribution >= 0.6 is 23.1 Å². The summed E-state index contributed by atoms with van der Waals surface area (Å²) in [6.45, 7) is 1.94. The molecule has 27 heavy (non-hydrogen) atoms. The highest BCUT2D eigenvalue weighted by Crippen LogP contribution is 2.31. The van der Waals surface area contributed by atoms with E-state index in [-0.39, 0.29) is 11.9 Å². The number of rotatable bonds is 8. The lowest BCUT2D eigenvalue weighted by atomic mass is 10.1. The van der Waals surface area contributed by atoms with Gasteiger partial charge in [-0.1, -0.05) is 23.9 Å². The Labute approximate surface area is 167 Å². The van der Waals surface area contributed by atoms with E-state index >= 15 is 0 Å². The molecule has 0 saturated heterocycles. The van der Waals surface area contributed by atoms with Crippen molar-refractivity contribution in [3.8, 4) is 11.5 Å². The zero-order valence-electron chi connectivity index (χ0n) is 15.5. The second kappa shape index (κ2) is 9.10. The molecule has 0 fully saturated rings. The fourth-order valence-corrected chi connectivity index (χ4v) is 4.79. The second-order valence-electron chi connectivity index (χ2n) is 5.94. The molecule has 1 amide bonds. The smallest absolute Gasteiger partial charge is 0.221 e. The van der Waals surface area contributed by atoms with Crippen molar-refractivity contribution in [2.45, 2.75) is 23.7 Å². The number of methoxy groups -OCH3 is 2. The quantitative estimate of drug-likeness (QED) is 0.555. The topological polar surface area (TPSA) is 60.5 Å². The summed E-state index contributed by atoms with van der Waals surface area (Å²) in [4.78, 5) is 16.9. The number of ether oxygens (including phenoxy) is 2. The number of carbonyl (C=O) groups is 1. The predicted octanol–water partition coefficient (Wildman–Crippen LogP) is 4.67. The molecule has 1 atom stereocenters. The number of thiazole rings is 1. The molecule has 1 heterocycles. The summed E-state index contributed by atoms with van der Waals surface area (Å²) in [6.07, 6.45) is 0.428. The lowest BCUT2D eigenvalue weighted by Gasteiger charge is -2.18. The summed E-state index contributed by atoms with van der Waals surface area (Å²) in [5.41, 5.74) is 1.90. The number of carbonyl (C=O) groups excluding carboxylic acids is 1. The van der Waals surface area contributed by atoms with Crippen LogP contribution in [-0.2, 0) is 4.79 Å². The minimum Gasteiger partial charge on any atom is -0.497 e. The van der Waals surface area contributed by atoms with E-state index in [9.17, 15) is 4.79 Å². The van der Waals surface area contributed by atoms with Crippen LogP contribution < -0.4 is 14.8 Å². The molecule has 0 unspecified atom stereocenters. The Morgan fingerprint density at radius 3 is 2.78 bits per heavy atom. The number of nitrogens with one attached hydrogen (secondary N) is 1. The first-order chi connectivity index (χ1) is 13.1. The van der Waals surface area contributed by atoms with Gasteiger partial charge in [0.1, 0.15) is 11.5 Å². The van der Waals surface area contributed by atoms with Gasteiger partial charge in [0.2, 0.25) is 5.91 Å². The van der Waals surface area contributed by atoms with Gasteiger partial charge in [-0.25, -0.2) is 4.98 Å². The van der Waals surface area contributed by atoms with E-state index in [0.29, 0.717) is 12.2 Å². The molecule has 7 heteroatoms. The highest BCUT2D eigenvalue weighted by Gasteiger charge is 2.15. The number of fused-ring (bicyclic) bond motifs is 1. The highest BCUT2D eigenvalue weighted by atomic mass is 32.2. The number of benzene rings is 2. The van der Waals surface area contributed by atoms with E-state index in [1.54, 1.807) is 37.3 Å². The molecule has 3 rings (SSSR count). The lowest BCUT2D eigenvalue weighted by Crippen LogP contribution is -2.27. The first-order valence-corrected chi connectivity index (χ1v) is 10.4. The van der Waals surface area contributed by atoms with Crippen molar-refractivity contribution in [3.63, 3.8) is 0 Å². The fraction of sp³-hybridized carbons (Fsp3) is 0.300. The van der Waals surface area contributed by atoms with Gasteiger partial charge >= 0.3 is 0 Å². The molecule has 0 saturated carbocycles. The van der Waals surface area contributed by atoms with Gasteiger partial charge in [-0.2, -0.15) is 0 Å². The van der Waals surface area contributed by atoms with Crippen molar-refractivity contribution in [1.29, 1.82) is 0 Å². The van der Waals surface area contributed by atoms with Crippen molar-refractivity contribution in [2.75, 3.05) is 20.0 Å². The van der Waals surface area contributed by atoms with E-state index in [1.165, 1.54) is 4.70 Å². The average molecular weight is 403 g/mol. The van der Waals surface area contributed by atoms with Gasteiger partial charge in [0, 0.05) is 17.7 Å². The van der Waals surface area contributed by atoms with Crippen LogP contribution in [0.1, 0.15) is 24.9 Å². The standard InChI is InChI=1S/C20H22N2O3S2/c1-13(15-12-14(24-2)8-9-17(15)25-3)21-19(23)10-11-26-20-22-16-6-4-5-7-18(16)27-20/h4-9,12-13H,10-11H2,1-3H3,(H,21,23)/t13-/m0/s1. The highest BCUT2D eigenvalue weighted by molar-refractivity contribution is 8.01. The van der Waals surface area contributed by atoms with E-state index in [4.69, 9.17) is 9.47 Å². The summed E-state index contributed by atoms with van der Waals surface area (Å²) in [7, 11) is 3.24. The summed E-state index contributed by atoms with van der Waals surface area (Å²) < 4.78 is 12.8. The molecule has 0 aliphatic carbocycles. The number of thioether (sulfide) groups is 1. The van der Waals surface area contributed by atoms with Crippen molar-refractivity contribution >= 4 is 39.2 Å². The number of amides is 1. The molecule has 0 aliphatic rings. The number of nitrogens with zero attached hydrogens (tertiary/aromatic N) is 1. The number of hydrogen-bond donors (Lipinski definition) is 1. The molecule has 5 nitrogen and oxygen atoms in total. The van der Waals surface area contributed by atoms with E-state index in [2.05, 4.69) is 16.4 Å². The molecule has 1 N–H and O–H groups in total. The molecule has 0 bridgehead atoms. The zero-order valence-corrected chi connectivity index (χ0v) is 17.2. The monoisotopic (exact) mass is 402 g/mol. The van der Waals surface area contributed by atoms with Crippen LogP contribution in [0.5, 0.6) is 11.5 Å². The minimum atomic E-state index is -0.171. The SMILES string of the molecule is COc1ccc(OC)c([C@H](C)NC(=O)CCSc2nc3ccccc3s2)c1. The Hall–Kier alpha value is -2.25. The molecule has 1 aromatic heterocycles. The van der Waals surface area contributed by atoms with Crippen molar-refractivity contribution in [3.05, 3.63) is 48.0 Å². The van der Waals surface area contributed by atoms with Crippen LogP contribution in [0.4, 0.5) is 0 Å². The second-order valence-corrected chi connectivity index (χ2v) is 8.32. The lowest BCUT2D eigenvalue weighted by molar-refractivity contribution is -0.121. The van der Waals surface area contributed by atoms with Crippen LogP contribution in [0, 0.1) is 0 Å². The average Bonchev–Trinajstić information content (AvgIpc) is 3.10. The normalized spacial score (nSPS) is 12.0. The Balaban J connectivity index is 1.54. The molecule has 3 aromatic rings. The molecule has 142 valence electrons. The maximum atomic E-state index is 12.3. The van der Waals surface area contributed by atoms with Gasteiger partial charge in [-0.15, -0.1) is 11.3 Å². The summed E-state index contributed by atoms with van der Waals surface area (Å²) in [5.74, 6) is 2.15. The summed E-state index contributed by atoms with van der Waals surface area (Å²) in [6, 6.07) is 13.5. The first kappa shape index (κ1) is 19.5. The Bertz CT molecular complexity index is 893. The number of para-hydroxylation sites is 1. The van der Waals surface area contributed by atoms with Crippen LogP contribution in [0.2, 0.25) is 0 Å². The molecular formula is C20H22N2O3S2. The maximum Gasteiger partial charge on any atom is 0.221 e. The summed E-state index contributed by atoms with van der Waals surface area (Å²) in [5, 5.41) is 3.03. The third-order valence-corrected chi connectivity index (χ3v) is 6.29. The number of hydrogen-bond acceptors (Lipinski definition) is 6. The van der Waals surface area contributed by atoms with Gasteiger partial charge < -0.3 is 14.8 Å². The van der Waals surface area contributed by atoms with Crippen molar-refractivity contribution in [1.82, 2.24) is 10.3 Å². The van der Waals surface area contributed by atoms with Crippen molar-refractivity contribution in [2.24, 2.45) is 0 Å². The van der Waals surface area contributed by atoms with Gasteiger partial charge in [-0.3, -0.25) is 4.79 Å². The third-order valence-electron chi connectivity index (χ3n) is 4.11. The molecular weight excluding hydrogens is 380 g/mol. The van der Waals surface area contributed by atoms with Crippen molar-refractivity contribution < 1.29 is 14.3 Å². The Morgan fingerprint density at radius 2 is 2.04 bits per heavy atom. The van der Waals surface area contributed by atoms with Gasteiger partial charge in [0.05, 0.1) is 30.5 Å². The molecule has 0 radical (unpaired) electrons. The Kier molecular flexibility index (Phi) is 6.58. The summed E-state index contributed by atoms with van der Waals surface area (Å²) >= 11 is 3.27. The predicted molar refractivity (Wildman–Crippen MR) is 111 cm³/mol. The molecule has 0 aliphatic heterocycles. The van der Waals surface area contributed by atoms with E-state index in [0.717, 1.165) is 26.9 Å². The van der Waals surface area contributed by atoms with Crippen LogP contribution in [-0.4, -0.2) is 30.9 Å². The van der Waals surface area contributed by atoms with Crippen LogP contribution in [0.25, 0.3) is 10.2 Å². The Morgan fingerprint density at radius 1 is 1.22 bits per heavy atom. The largest absolute Gasteiger partial charge is 0.497 e. The van der Waals surface area contributed by atoms with Gasteiger partial charge in [-0.05, 0) is 37.3 Å². The van der Waals surface area contributed by atoms with E-state index in [1.807, 2.05) is 43.3 Å². The molecule has 2 aromatic carbocycles. The first-order valence-electron chi connectivity index (χ1n) is 8.60. The molecule has 0 spiro atoms. The number of aromatic nitrogens is 1. The van der Waals surface area contributed by atoms with Gasteiger partial charge in [0.15, 0.2) is 4.34 Å². The van der Waals surface area contributed by atoms with Gasteiger partial charge in [0.25, 0.3) is 0 Å². The minimum absolute atomic E-state index is 0.000911. The maximum absolute atomic E-state index is 12.3. The van der Waals surface area contributed by atoms with Crippen LogP contribution in [0.15, 0.2) is 46.8 Å². The third kappa shape index (κ3) is 4.93.